The van der Waals surface area contributed by atoms with Crippen molar-refractivity contribution in [2.24, 2.45) is 5.41 Å². The summed E-state index contributed by atoms with van der Waals surface area (Å²) in [6.45, 7) is 2.68. The number of aromatic amines is 1. The second-order valence-electron chi connectivity index (χ2n) is 7.29. The van der Waals surface area contributed by atoms with Crippen LogP contribution in [-0.4, -0.2) is 47.7 Å². The molecule has 2 aromatic rings. The number of H-pyrrole nitrogens is 1. The molecule has 1 aromatic heterocycles. The highest BCUT2D eigenvalue weighted by atomic mass is 16.5. The first-order valence-electron chi connectivity index (χ1n) is 8.72. The van der Waals surface area contributed by atoms with Crippen LogP contribution in [0, 0.1) is 5.41 Å². The number of carbonyl (C=O) groups is 1. The molecule has 1 saturated carbocycles. The van der Waals surface area contributed by atoms with E-state index in [0.717, 1.165) is 56.6 Å². The molecule has 0 bridgehead atoms. The molecule has 0 radical (unpaired) electrons. The number of aromatic nitrogens is 1. The Kier molecular flexibility index (Phi) is 3.76. The molecule has 1 aliphatic carbocycles. The molecule has 1 saturated heterocycles. The fourth-order valence-corrected chi connectivity index (χ4v) is 4.01. The molecule has 5 heteroatoms. The van der Waals surface area contributed by atoms with Crippen LogP contribution in [0.3, 0.4) is 0 Å². The zero-order chi connectivity index (χ0) is 16.7. The van der Waals surface area contributed by atoms with E-state index in [1.165, 1.54) is 10.9 Å². The normalized spacial score (nSPS) is 21.0. The van der Waals surface area contributed by atoms with Crippen molar-refractivity contribution in [2.45, 2.75) is 31.6 Å². The maximum absolute atomic E-state index is 11.4. The van der Waals surface area contributed by atoms with Crippen LogP contribution in [-0.2, 0) is 4.79 Å². The predicted octanol–water partition coefficient (Wildman–Crippen LogP) is 3.22. The molecule has 2 fully saturated rings. The third-order valence-electron chi connectivity index (χ3n) is 5.78. The Morgan fingerprint density at radius 2 is 2.12 bits per heavy atom. The number of likely N-dealkylation sites (tertiary alicyclic amines) is 1. The van der Waals surface area contributed by atoms with Gasteiger partial charge in [0.05, 0.1) is 12.5 Å². The van der Waals surface area contributed by atoms with Gasteiger partial charge in [-0.05, 0) is 68.5 Å². The Morgan fingerprint density at radius 3 is 2.75 bits per heavy atom. The van der Waals surface area contributed by atoms with Crippen LogP contribution >= 0.6 is 0 Å². The summed E-state index contributed by atoms with van der Waals surface area (Å²) in [5, 5.41) is 10.6. The van der Waals surface area contributed by atoms with Crippen LogP contribution < -0.4 is 4.74 Å². The monoisotopic (exact) mass is 328 g/mol. The average molecular weight is 328 g/mol. The fraction of sp³-hybridized carbons (Fsp3) is 0.526. The molecule has 1 aromatic carbocycles. The number of methoxy groups -OCH3 is 1. The average Bonchev–Trinajstić information content (AvgIpc) is 3.27. The van der Waals surface area contributed by atoms with E-state index in [0.29, 0.717) is 5.92 Å². The first-order valence-corrected chi connectivity index (χ1v) is 8.72. The quantitative estimate of drug-likeness (QED) is 0.884. The molecule has 0 unspecified atom stereocenters. The lowest BCUT2D eigenvalue weighted by atomic mass is 9.88. The number of benzene rings is 1. The lowest BCUT2D eigenvalue weighted by molar-refractivity contribution is -0.144. The van der Waals surface area contributed by atoms with E-state index in [1.807, 2.05) is 6.07 Å². The number of carboxylic acid groups (broad SMARTS) is 1. The van der Waals surface area contributed by atoms with Gasteiger partial charge in [0.15, 0.2) is 0 Å². The number of aliphatic carboxylic acids is 1. The molecule has 0 amide bonds. The lowest BCUT2D eigenvalue weighted by Crippen LogP contribution is -2.39. The summed E-state index contributed by atoms with van der Waals surface area (Å²) in [4.78, 5) is 17.1. The number of ether oxygens (including phenoxy) is 1. The van der Waals surface area contributed by atoms with Gasteiger partial charge in [-0.2, -0.15) is 0 Å². The fourth-order valence-electron chi connectivity index (χ4n) is 4.01. The Hall–Kier alpha value is -2.01. The van der Waals surface area contributed by atoms with Crippen LogP contribution in [0.5, 0.6) is 5.75 Å². The smallest absolute Gasteiger partial charge is 0.310 e. The molecule has 5 nitrogen and oxygen atoms in total. The zero-order valence-corrected chi connectivity index (χ0v) is 14.0. The Morgan fingerprint density at radius 1 is 1.38 bits per heavy atom. The minimum absolute atomic E-state index is 0.443. The van der Waals surface area contributed by atoms with Crippen LogP contribution in [0.15, 0.2) is 24.4 Å². The van der Waals surface area contributed by atoms with Crippen molar-refractivity contribution >= 4 is 16.9 Å². The standard InChI is InChI=1S/C19H24N2O3/c1-24-14-2-3-17-15(10-14)16(11-20-17)13-4-8-21(9-5-13)12-19(6-7-19)18(22)23/h2-3,10-11,13,20H,4-9,12H2,1H3,(H,22,23). The number of carboxylic acids is 1. The summed E-state index contributed by atoms with van der Waals surface area (Å²) >= 11 is 0. The van der Waals surface area contributed by atoms with Gasteiger partial charge in [-0.1, -0.05) is 0 Å². The number of hydrogen-bond acceptors (Lipinski definition) is 3. The van der Waals surface area contributed by atoms with Crippen LogP contribution in [0.25, 0.3) is 10.9 Å². The summed E-state index contributed by atoms with van der Waals surface area (Å²) in [5.74, 6) is 0.799. The van der Waals surface area contributed by atoms with Crippen molar-refractivity contribution < 1.29 is 14.6 Å². The molecule has 2 N–H and O–H groups in total. The number of hydrogen-bond donors (Lipinski definition) is 2. The van der Waals surface area contributed by atoms with E-state index in [4.69, 9.17) is 4.74 Å². The second kappa shape index (κ2) is 5.81. The largest absolute Gasteiger partial charge is 0.497 e. The number of rotatable bonds is 5. The van der Waals surface area contributed by atoms with E-state index < -0.39 is 11.4 Å². The van der Waals surface area contributed by atoms with Crippen molar-refractivity contribution in [2.75, 3.05) is 26.7 Å². The highest BCUT2D eigenvalue weighted by Gasteiger charge is 2.51. The third kappa shape index (κ3) is 2.67. The van der Waals surface area contributed by atoms with Gasteiger partial charge in [0.1, 0.15) is 5.75 Å². The van der Waals surface area contributed by atoms with Crippen LogP contribution in [0.1, 0.15) is 37.2 Å². The minimum atomic E-state index is -0.617. The lowest BCUT2D eigenvalue weighted by Gasteiger charge is -2.33. The van der Waals surface area contributed by atoms with E-state index in [2.05, 4.69) is 28.2 Å². The number of fused-ring (bicyclic) bond motifs is 1. The van der Waals surface area contributed by atoms with Crippen molar-refractivity contribution in [3.8, 4) is 5.75 Å². The van der Waals surface area contributed by atoms with Crippen molar-refractivity contribution in [3.63, 3.8) is 0 Å². The first kappa shape index (κ1) is 15.5. The third-order valence-corrected chi connectivity index (χ3v) is 5.78. The van der Waals surface area contributed by atoms with Crippen molar-refractivity contribution in [1.82, 2.24) is 9.88 Å². The highest BCUT2D eigenvalue weighted by molar-refractivity contribution is 5.85. The van der Waals surface area contributed by atoms with Crippen molar-refractivity contribution in [3.05, 3.63) is 30.0 Å². The van der Waals surface area contributed by atoms with Gasteiger partial charge in [-0.25, -0.2) is 0 Å². The summed E-state index contributed by atoms with van der Waals surface area (Å²) in [6, 6.07) is 6.15. The molecule has 4 rings (SSSR count). The minimum Gasteiger partial charge on any atom is -0.497 e. The summed E-state index contributed by atoms with van der Waals surface area (Å²) < 4.78 is 5.36. The van der Waals surface area contributed by atoms with Crippen molar-refractivity contribution in [1.29, 1.82) is 0 Å². The van der Waals surface area contributed by atoms with E-state index in [9.17, 15) is 9.90 Å². The summed E-state index contributed by atoms with van der Waals surface area (Å²) in [6.07, 6.45) is 5.97. The molecule has 2 aliphatic rings. The Balaban J connectivity index is 1.45. The number of nitrogens with one attached hydrogen (secondary N) is 1. The van der Waals surface area contributed by atoms with Gasteiger partial charge in [0.2, 0.25) is 0 Å². The molecular weight excluding hydrogens is 304 g/mol. The van der Waals surface area contributed by atoms with Gasteiger partial charge >= 0.3 is 5.97 Å². The van der Waals surface area contributed by atoms with E-state index in [-0.39, 0.29) is 0 Å². The molecule has 2 heterocycles. The molecular formula is C19H24N2O3. The first-order chi connectivity index (χ1) is 11.6. The van der Waals surface area contributed by atoms with Gasteiger partial charge in [0, 0.05) is 23.6 Å². The zero-order valence-electron chi connectivity index (χ0n) is 14.0. The summed E-state index contributed by atoms with van der Waals surface area (Å²) in [7, 11) is 1.70. The SMILES string of the molecule is COc1ccc2[nH]cc(C3CCN(CC4(C(=O)O)CC4)CC3)c2c1. The van der Waals surface area contributed by atoms with Gasteiger partial charge in [-0.15, -0.1) is 0 Å². The predicted molar refractivity (Wildman–Crippen MR) is 92.6 cm³/mol. The van der Waals surface area contributed by atoms with E-state index >= 15 is 0 Å². The number of piperidine rings is 1. The van der Waals surface area contributed by atoms with Gasteiger partial charge in [-0.3, -0.25) is 4.79 Å². The maximum atomic E-state index is 11.4. The molecule has 0 spiro atoms. The van der Waals surface area contributed by atoms with E-state index in [1.54, 1.807) is 7.11 Å². The molecule has 0 atom stereocenters. The summed E-state index contributed by atoms with van der Waals surface area (Å²) in [5.41, 5.74) is 2.07. The Bertz CT molecular complexity index is 755. The van der Waals surface area contributed by atoms with Crippen LogP contribution in [0.4, 0.5) is 0 Å². The maximum Gasteiger partial charge on any atom is 0.310 e. The Labute approximate surface area is 141 Å². The molecule has 24 heavy (non-hydrogen) atoms. The van der Waals surface area contributed by atoms with Gasteiger partial charge < -0.3 is 19.7 Å². The topological polar surface area (TPSA) is 65.6 Å². The molecule has 128 valence electrons. The van der Waals surface area contributed by atoms with Crippen LogP contribution in [0.2, 0.25) is 0 Å². The van der Waals surface area contributed by atoms with Gasteiger partial charge in [0.25, 0.3) is 0 Å². The highest BCUT2D eigenvalue weighted by Crippen LogP contribution is 2.47. The molecule has 1 aliphatic heterocycles. The second-order valence-corrected chi connectivity index (χ2v) is 7.29. The number of nitrogens with zero attached hydrogens (tertiary/aromatic N) is 1.